The van der Waals surface area contributed by atoms with Gasteiger partial charge in [-0.05, 0) is 66.8 Å². The van der Waals surface area contributed by atoms with Crippen LogP contribution in [-0.2, 0) is 4.79 Å². The van der Waals surface area contributed by atoms with Crippen LogP contribution in [0.5, 0.6) is 5.75 Å². The fraction of sp³-hybridized carbons (Fsp3) is 0.387. The van der Waals surface area contributed by atoms with Crippen molar-refractivity contribution in [3.8, 4) is 16.9 Å². The fourth-order valence-corrected chi connectivity index (χ4v) is 5.09. The number of carbonyl (C=O) groups excluding carboxylic acids is 1. The summed E-state index contributed by atoms with van der Waals surface area (Å²) in [6, 6.07) is 26.8. The van der Waals surface area contributed by atoms with Crippen molar-refractivity contribution in [1.82, 2.24) is 5.32 Å². The molecule has 1 fully saturated rings. The highest BCUT2D eigenvalue weighted by atomic mass is 16.5. The summed E-state index contributed by atoms with van der Waals surface area (Å²) < 4.78 is 5.25. The second kappa shape index (κ2) is 12.5. The topological polar surface area (TPSA) is 62.4 Å². The molecule has 1 aliphatic rings. The molecule has 5 heteroatoms. The van der Waals surface area contributed by atoms with Crippen LogP contribution in [0.1, 0.15) is 51.9 Å². The summed E-state index contributed by atoms with van der Waals surface area (Å²) >= 11 is 0. The van der Waals surface area contributed by atoms with Gasteiger partial charge in [-0.25, -0.2) is 0 Å². The van der Waals surface area contributed by atoms with Gasteiger partial charge in [-0.15, -0.1) is 0 Å². The second-order valence-electron chi connectivity index (χ2n) is 9.78. The molecule has 0 radical (unpaired) electrons. The Bertz CT molecular complexity index is 1090. The lowest BCUT2D eigenvalue weighted by atomic mass is 9.80. The number of carbonyl (C=O) groups is 1. The van der Waals surface area contributed by atoms with Gasteiger partial charge in [-0.3, -0.25) is 4.79 Å². The minimum atomic E-state index is -0.584. The maximum Gasteiger partial charge on any atom is 0.245 e. The number of benzene rings is 3. The largest absolute Gasteiger partial charge is 0.497 e. The maximum absolute atomic E-state index is 13.8. The van der Waals surface area contributed by atoms with Crippen molar-refractivity contribution in [3.63, 3.8) is 0 Å². The predicted octanol–water partition coefficient (Wildman–Crippen LogP) is 6.87. The van der Waals surface area contributed by atoms with Crippen LogP contribution in [0, 0.1) is 0 Å². The van der Waals surface area contributed by atoms with Gasteiger partial charge in [-0.1, -0.05) is 75.1 Å². The lowest BCUT2D eigenvalue weighted by Crippen LogP contribution is -2.56. The van der Waals surface area contributed by atoms with Crippen molar-refractivity contribution in [2.24, 2.45) is 0 Å². The number of ether oxygens (including phenoxy) is 1. The van der Waals surface area contributed by atoms with E-state index in [0.29, 0.717) is 6.54 Å². The van der Waals surface area contributed by atoms with E-state index in [1.54, 1.807) is 7.11 Å². The Morgan fingerprint density at radius 1 is 0.889 bits per heavy atom. The highest BCUT2D eigenvalue weighted by Crippen LogP contribution is 2.33. The number of amides is 1. The molecule has 4 rings (SSSR count). The van der Waals surface area contributed by atoms with E-state index in [1.807, 2.05) is 30.3 Å². The summed E-state index contributed by atoms with van der Waals surface area (Å²) in [4.78, 5) is 13.8. The van der Waals surface area contributed by atoms with Crippen molar-refractivity contribution < 1.29 is 9.53 Å². The SMILES string of the molecule is CCC[C@@H](CNc1ccc(OC)cc1)NC(=O)C1(Nc2cccc(-c3ccccc3)c2)CCCCC1. The third-order valence-electron chi connectivity index (χ3n) is 7.11. The minimum Gasteiger partial charge on any atom is -0.497 e. The van der Waals surface area contributed by atoms with Crippen molar-refractivity contribution >= 4 is 17.3 Å². The van der Waals surface area contributed by atoms with Crippen molar-refractivity contribution in [2.75, 3.05) is 24.3 Å². The Kier molecular flexibility index (Phi) is 8.88. The Morgan fingerprint density at radius 2 is 1.61 bits per heavy atom. The molecule has 1 atom stereocenters. The molecular formula is C31H39N3O2. The van der Waals surface area contributed by atoms with E-state index >= 15 is 0 Å². The lowest BCUT2D eigenvalue weighted by Gasteiger charge is -2.39. The highest BCUT2D eigenvalue weighted by Gasteiger charge is 2.40. The van der Waals surface area contributed by atoms with Gasteiger partial charge in [0.15, 0.2) is 0 Å². The first-order valence-corrected chi connectivity index (χ1v) is 13.2. The Labute approximate surface area is 215 Å². The van der Waals surface area contributed by atoms with Gasteiger partial charge in [0.2, 0.25) is 5.91 Å². The molecule has 0 spiro atoms. The van der Waals surface area contributed by atoms with Crippen LogP contribution in [0.2, 0.25) is 0 Å². The van der Waals surface area contributed by atoms with Gasteiger partial charge in [0.25, 0.3) is 0 Å². The maximum atomic E-state index is 13.8. The van der Waals surface area contributed by atoms with Gasteiger partial charge in [0.1, 0.15) is 11.3 Å². The fourth-order valence-electron chi connectivity index (χ4n) is 5.09. The predicted molar refractivity (Wildman–Crippen MR) is 150 cm³/mol. The standard InChI is InChI=1S/C31H39N3O2/c1-3-11-28(23-32-26-16-18-29(36-2)19-17-26)33-30(35)31(20-8-5-9-21-31)34-27-15-10-14-25(22-27)24-12-6-4-7-13-24/h4,6-7,10,12-19,22,28,32,34H,3,5,8-9,11,20-21,23H2,1-2H3,(H,33,35)/t28-/m0/s1. The van der Waals surface area contributed by atoms with Crippen molar-refractivity contribution in [2.45, 2.75) is 63.5 Å². The van der Waals surface area contributed by atoms with Crippen LogP contribution in [0.15, 0.2) is 78.9 Å². The van der Waals surface area contributed by atoms with Crippen LogP contribution in [0.3, 0.4) is 0 Å². The minimum absolute atomic E-state index is 0.0563. The molecule has 36 heavy (non-hydrogen) atoms. The summed E-state index contributed by atoms with van der Waals surface area (Å²) in [6.45, 7) is 2.85. The third kappa shape index (κ3) is 6.60. The first kappa shape index (κ1) is 25.6. The van der Waals surface area contributed by atoms with Crippen LogP contribution < -0.4 is 20.7 Å². The van der Waals surface area contributed by atoms with E-state index in [-0.39, 0.29) is 11.9 Å². The van der Waals surface area contributed by atoms with E-state index in [0.717, 1.165) is 61.2 Å². The third-order valence-corrected chi connectivity index (χ3v) is 7.11. The van der Waals surface area contributed by atoms with E-state index in [9.17, 15) is 4.79 Å². The molecule has 3 aromatic rings. The quantitative estimate of drug-likeness (QED) is 0.277. The van der Waals surface area contributed by atoms with E-state index in [2.05, 4.69) is 71.4 Å². The molecule has 3 aromatic carbocycles. The van der Waals surface area contributed by atoms with Crippen LogP contribution in [0.4, 0.5) is 11.4 Å². The molecule has 0 aliphatic heterocycles. The molecule has 0 unspecified atom stereocenters. The van der Waals surface area contributed by atoms with Crippen molar-refractivity contribution in [3.05, 3.63) is 78.9 Å². The summed E-state index contributed by atoms with van der Waals surface area (Å²) in [6.07, 6.45) is 6.92. The number of hydrogen-bond acceptors (Lipinski definition) is 4. The van der Waals surface area contributed by atoms with E-state index in [4.69, 9.17) is 4.74 Å². The normalized spacial score (nSPS) is 15.5. The molecule has 1 aliphatic carbocycles. The molecule has 1 saturated carbocycles. The van der Waals surface area contributed by atoms with Gasteiger partial charge in [0.05, 0.1) is 7.11 Å². The number of hydrogen-bond donors (Lipinski definition) is 3. The molecule has 0 bridgehead atoms. The summed E-state index contributed by atoms with van der Waals surface area (Å²) in [7, 11) is 1.67. The smallest absolute Gasteiger partial charge is 0.245 e. The number of rotatable bonds is 11. The average Bonchev–Trinajstić information content (AvgIpc) is 2.93. The van der Waals surface area contributed by atoms with Gasteiger partial charge in [-0.2, -0.15) is 0 Å². The zero-order valence-corrected chi connectivity index (χ0v) is 21.6. The second-order valence-corrected chi connectivity index (χ2v) is 9.78. The number of anilines is 2. The molecule has 190 valence electrons. The van der Waals surface area contributed by atoms with Crippen LogP contribution >= 0.6 is 0 Å². The molecule has 0 heterocycles. The van der Waals surface area contributed by atoms with Gasteiger partial charge < -0.3 is 20.7 Å². The Hall–Kier alpha value is -3.47. The molecule has 0 aromatic heterocycles. The molecule has 3 N–H and O–H groups in total. The van der Waals surface area contributed by atoms with Gasteiger partial charge >= 0.3 is 0 Å². The van der Waals surface area contributed by atoms with Gasteiger partial charge in [0, 0.05) is 24.0 Å². The van der Waals surface area contributed by atoms with E-state index in [1.165, 1.54) is 12.0 Å². The molecule has 5 nitrogen and oxygen atoms in total. The Morgan fingerprint density at radius 3 is 2.31 bits per heavy atom. The molecule has 1 amide bonds. The monoisotopic (exact) mass is 485 g/mol. The molecule has 0 saturated heterocycles. The van der Waals surface area contributed by atoms with Crippen LogP contribution in [-0.4, -0.2) is 31.1 Å². The molecular weight excluding hydrogens is 446 g/mol. The number of methoxy groups -OCH3 is 1. The average molecular weight is 486 g/mol. The van der Waals surface area contributed by atoms with E-state index < -0.39 is 5.54 Å². The zero-order valence-electron chi connectivity index (χ0n) is 21.6. The summed E-state index contributed by atoms with van der Waals surface area (Å²) in [5, 5.41) is 10.6. The lowest BCUT2D eigenvalue weighted by molar-refractivity contribution is -0.127. The Balaban J connectivity index is 1.47. The summed E-state index contributed by atoms with van der Waals surface area (Å²) in [5.74, 6) is 0.947. The van der Waals surface area contributed by atoms with Crippen molar-refractivity contribution in [1.29, 1.82) is 0 Å². The highest BCUT2D eigenvalue weighted by molar-refractivity contribution is 5.90. The first-order chi connectivity index (χ1) is 17.6. The zero-order chi connectivity index (χ0) is 25.2. The first-order valence-electron chi connectivity index (χ1n) is 13.2. The van der Waals surface area contributed by atoms with Crippen LogP contribution in [0.25, 0.3) is 11.1 Å². The summed E-state index contributed by atoms with van der Waals surface area (Å²) in [5.41, 5.74) is 3.77. The number of nitrogens with one attached hydrogen (secondary N) is 3.